The first-order valence-corrected chi connectivity index (χ1v) is 16.0. The molecule has 0 fully saturated rings. The van der Waals surface area contributed by atoms with Crippen molar-refractivity contribution in [3.05, 3.63) is 10.4 Å². The molecule has 0 aromatic carbocycles. The minimum absolute atomic E-state index is 0.312. The van der Waals surface area contributed by atoms with Gasteiger partial charge in [-0.3, -0.25) is 9.59 Å². The van der Waals surface area contributed by atoms with Crippen molar-refractivity contribution in [1.82, 2.24) is 0 Å². The van der Waals surface area contributed by atoms with Gasteiger partial charge in [0.2, 0.25) is 0 Å². The first-order valence-electron chi connectivity index (χ1n) is 16.0. The van der Waals surface area contributed by atoms with E-state index in [1.807, 2.05) is 0 Å². The van der Waals surface area contributed by atoms with Gasteiger partial charge in [-0.25, -0.2) is 0 Å². The molecule has 0 aromatic heterocycles. The first-order chi connectivity index (χ1) is 18.6. The summed E-state index contributed by atoms with van der Waals surface area (Å²) in [5, 5.41) is 21.1. The second-order valence-corrected chi connectivity index (χ2v) is 11.3. The molecule has 0 spiro atoms. The highest BCUT2D eigenvalue weighted by atomic mass is 16.4. The van der Waals surface area contributed by atoms with E-state index < -0.39 is 11.9 Å². The van der Waals surface area contributed by atoms with Crippen molar-refractivity contribution in [2.75, 3.05) is 6.54 Å². The van der Waals surface area contributed by atoms with Crippen LogP contribution in [0.5, 0.6) is 0 Å². The number of carbonyl (C=O) groups is 2. The van der Waals surface area contributed by atoms with Crippen molar-refractivity contribution < 1.29 is 19.8 Å². The zero-order valence-corrected chi connectivity index (χ0v) is 24.4. The van der Waals surface area contributed by atoms with Gasteiger partial charge in [-0.2, -0.15) is 0 Å². The lowest BCUT2D eigenvalue weighted by Gasteiger charge is -2.14. The van der Waals surface area contributed by atoms with Gasteiger partial charge in [-0.15, -0.1) is 0 Å². The van der Waals surface area contributed by atoms with Gasteiger partial charge >= 0.3 is 11.9 Å². The molecular weight excluding hydrogens is 478 g/mol. The van der Waals surface area contributed by atoms with Gasteiger partial charge in [-0.05, 0) is 24.3 Å². The zero-order valence-electron chi connectivity index (χ0n) is 24.4. The molecule has 2 N–H and O–H groups in total. The van der Waals surface area contributed by atoms with Gasteiger partial charge in [0.15, 0.2) is 0 Å². The predicted octanol–water partition coefficient (Wildman–Crippen LogP) is 10.6. The van der Waals surface area contributed by atoms with E-state index in [4.69, 9.17) is 15.7 Å². The molecule has 0 aromatic rings. The number of aliphatic carboxylic acids is 2. The van der Waals surface area contributed by atoms with Gasteiger partial charge in [0.1, 0.15) is 0 Å². The first kappa shape index (κ1) is 36.2. The number of carboxylic acids is 2. The largest absolute Gasteiger partial charge is 0.481 e. The Balaban J connectivity index is 3.52. The summed E-state index contributed by atoms with van der Waals surface area (Å²) in [6.07, 6.45) is 31.0. The number of nitrogens with zero attached hydrogens (tertiary/aromatic N) is 3. The second kappa shape index (κ2) is 29.8. The summed E-state index contributed by atoms with van der Waals surface area (Å²) in [6.45, 7) is 0.652. The molecular formula is C31H59N3O4. The van der Waals surface area contributed by atoms with Crippen LogP contribution in [0.3, 0.4) is 0 Å². The maximum Gasteiger partial charge on any atom is 0.303 e. The minimum atomic E-state index is -0.678. The lowest BCUT2D eigenvalue weighted by atomic mass is 9.94. The van der Waals surface area contributed by atoms with E-state index in [0.717, 1.165) is 25.7 Å². The van der Waals surface area contributed by atoms with Gasteiger partial charge in [-0.1, -0.05) is 153 Å². The highest BCUT2D eigenvalue weighted by Crippen LogP contribution is 2.20. The Labute approximate surface area is 233 Å². The van der Waals surface area contributed by atoms with E-state index >= 15 is 0 Å². The Morgan fingerprint density at radius 1 is 0.500 bits per heavy atom. The van der Waals surface area contributed by atoms with Crippen LogP contribution in [0.1, 0.15) is 173 Å². The molecule has 222 valence electrons. The maximum absolute atomic E-state index is 10.5. The molecule has 7 nitrogen and oxygen atoms in total. The third-order valence-electron chi connectivity index (χ3n) is 7.66. The smallest absolute Gasteiger partial charge is 0.303 e. The molecule has 1 atom stereocenters. The van der Waals surface area contributed by atoms with Crippen molar-refractivity contribution in [2.24, 2.45) is 11.0 Å². The molecule has 0 bridgehead atoms. The van der Waals surface area contributed by atoms with Crippen molar-refractivity contribution in [2.45, 2.75) is 173 Å². The van der Waals surface area contributed by atoms with Crippen LogP contribution in [0.4, 0.5) is 0 Å². The number of hydrogen-bond acceptors (Lipinski definition) is 3. The third-order valence-corrected chi connectivity index (χ3v) is 7.66. The monoisotopic (exact) mass is 537 g/mol. The molecule has 0 saturated carbocycles. The molecule has 7 heteroatoms. The zero-order chi connectivity index (χ0) is 27.9. The van der Waals surface area contributed by atoms with E-state index in [2.05, 4.69) is 10.0 Å². The topological polar surface area (TPSA) is 123 Å². The molecule has 0 radical (unpaired) electrons. The van der Waals surface area contributed by atoms with Gasteiger partial charge in [0.25, 0.3) is 0 Å². The molecule has 0 amide bonds. The summed E-state index contributed by atoms with van der Waals surface area (Å²) in [5.41, 5.74) is 8.73. The number of hydrogen-bond donors (Lipinski definition) is 2. The Morgan fingerprint density at radius 3 is 1.03 bits per heavy atom. The summed E-state index contributed by atoms with van der Waals surface area (Å²) in [4.78, 5) is 24.0. The molecule has 0 aliphatic carbocycles. The van der Waals surface area contributed by atoms with Crippen LogP contribution in [0.15, 0.2) is 5.11 Å². The molecule has 38 heavy (non-hydrogen) atoms. The van der Waals surface area contributed by atoms with Crippen molar-refractivity contribution in [3.8, 4) is 0 Å². The second-order valence-electron chi connectivity index (χ2n) is 11.3. The van der Waals surface area contributed by atoms with Crippen LogP contribution in [0.2, 0.25) is 0 Å². The van der Waals surface area contributed by atoms with Gasteiger partial charge in [0.05, 0.1) is 0 Å². The lowest BCUT2D eigenvalue weighted by molar-refractivity contribution is -0.138. The standard InChI is InChI=1S/C31H59N3O4/c32-34-33-28-29(25-21-17-13-9-5-3-7-11-15-19-23-27-31(37)38)24-20-16-12-8-4-1-2-6-10-14-18-22-26-30(35)36/h29H,1-28H2,(H,35,36)(H,37,38). The number of carboxylic acid groups (broad SMARTS) is 2. The molecule has 1 unspecified atom stereocenters. The van der Waals surface area contributed by atoms with Crippen LogP contribution in [0, 0.1) is 5.92 Å². The summed E-state index contributed by atoms with van der Waals surface area (Å²) < 4.78 is 0. The van der Waals surface area contributed by atoms with E-state index in [1.54, 1.807) is 0 Å². The lowest BCUT2D eigenvalue weighted by Crippen LogP contribution is -2.04. The van der Waals surface area contributed by atoms with Crippen LogP contribution in [-0.4, -0.2) is 28.7 Å². The Bertz CT molecular complexity index is 594. The minimum Gasteiger partial charge on any atom is -0.481 e. The molecule has 0 saturated heterocycles. The van der Waals surface area contributed by atoms with Crippen LogP contribution in [-0.2, 0) is 9.59 Å². The highest BCUT2D eigenvalue weighted by Gasteiger charge is 2.08. The van der Waals surface area contributed by atoms with Crippen LogP contribution < -0.4 is 0 Å². The van der Waals surface area contributed by atoms with Crippen LogP contribution >= 0.6 is 0 Å². The fourth-order valence-electron chi connectivity index (χ4n) is 5.26. The Hall–Kier alpha value is -1.75. The molecule has 0 aliphatic heterocycles. The highest BCUT2D eigenvalue weighted by molar-refractivity contribution is 5.66. The number of rotatable bonds is 31. The summed E-state index contributed by atoms with van der Waals surface area (Å²) >= 11 is 0. The van der Waals surface area contributed by atoms with Crippen LogP contribution in [0.25, 0.3) is 10.4 Å². The normalized spacial score (nSPS) is 11.8. The predicted molar refractivity (Wildman–Crippen MR) is 157 cm³/mol. The van der Waals surface area contributed by atoms with Gasteiger partial charge < -0.3 is 10.2 Å². The summed E-state index contributed by atoms with van der Waals surface area (Å²) in [7, 11) is 0. The fourth-order valence-corrected chi connectivity index (χ4v) is 5.26. The average molecular weight is 538 g/mol. The number of unbranched alkanes of at least 4 members (excludes halogenated alkanes) is 21. The molecule has 0 heterocycles. The fraction of sp³-hybridized carbons (Fsp3) is 0.935. The average Bonchev–Trinajstić information content (AvgIpc) is 2.89. The summed E-state index contributed by atoms with van der Waals surface area (Å²) in [5.74, 6) is -0.809. The third kappa shape index (κ3) is 30.5. The van der Waals surface area contributed by atoms with E-state index in [0.29, 0.717) is 25.3 Å². The molecule has 0 rings (SSSR count). The van der Waals surface area contributed by atoms with E-state index in [9.17, 15) is 9.59 Å². The summed E-state index contributed by atoms with van der Waals surface area (Å²) in [6, 6.07) is 0. The van der Waals surface area contributed by atoms with E-state index in [1.165, 1.54) is 135 Å². The Morgan fingerprint density at radius 2 is 0.763 bits per heavy atom. The number of azide groups is 1. The van der Waals surface area contributed by atoms with Gasteiger partial charge in [0, 0.05) is 24.3 Å². The quantitative estimate of drug-likeness (QED) is 0.0395. The Kier molecular flexibility index (Phi) is 28.4. The van der Waals surface area contributed by atoms with E-state index in [-0.39, 0.29) is 0 Å². The maximum atomic E-state index is 10.5. The van der Waals surface area contributed by atoms with Crippen molar-refractivity contribution >= 4 is 11.9 Å². The van der Waals surface area contributed by atoms with Crippen molar-refractivity contribution in [3.63, 3.8) is 0 Å². The molecule has 0 aliphatic rings. The SMILES string of the molecule is [N-]=[N+]=NCC(CCCCCCCCCCCCCCC(=O)O)CCCCCCCCCCCCCC(=O)O. The van der Waals surface area contributed by atoms with Crippen molar-refractivity contribution in [1.29, 1.82) is 0 Å².